The lowest BCUT2D eigenvalue weighted by atomic mass is 9.95. The predicted molar refractivity (Wildman–Crippen MR) is 140 cm³/mol. The van der Waals surface area contributed by atoms with E-state index < -0.39 is 17.7 Å². The van der Waals surface area contributed by atoms with E-state index in [4.69, 9.17) is 27.9 Å². The number of nitrogens with one attached hydrogen (secondary N) is 1. The first kappa shape index (κ1) is 23.9. The maximum absolute atomic E-state index is 13.4. The lowest BCUT2D eigenvalue weighted by molar-refractivity contribution is -0.132. The van der Waals surface area contributed by atoms with E-state index in [0.717, 1.165) is 16.6 Å². The fraction of sp³-hybridized carbons (Fsp3) is 0.148. The highest BCUT2D eigenvalue weighted by molar-refractivity contribution is 6.51. The molecule has 5 rings (SSSR count). The summed E-state index contributed by atoms with van der Waals surface area (Å²) in [6.07, 6.45) is 0. The van der Waals surface area contributed by atoms with Crippen molar-refractivity contribution in [2.45, 2.75) is 19.9 Å². The number of amides is 1. The fourth-order valence-electron chi connectivity index (χ4n) is 4.35. The Morgan fingerprint density at radius 2 is 1.78 bits per heavy atom. The number of halogens is 2. The number of rotatable bonds is 4. The van der Waals surface area contributed by atoms with Crippen LogP contribution in [0.5, 0.6) is 5.75 Å². The number of ketones is 1. The predicted octanol–water partition coefficient (Wildman–Crippen LogP) is 6.12. The lowest BCUT2D eigenvalue weighted by Crippen LogP contribution is -2.30. The Morgan fingerprint density at radius 1 is 1.03 bits per heavy atom. The molecular weight excluding hydrogens is 501 g/mol. The van der Waals surface area contributed by atoms with Gasteiger partial charge < -0.3 is 14.8 Å². The van der Waals surface area contributed by atoms with Crippen molar-refractivity contribution in [3.63, 3.8) is 0 Å². The summed E-state index contributed by atoms with van der Waals surface area (Å²) in [4.78, 5) is 35.8. The minimum Gasteiger partial charge on any atom is -0.507 e. The van der Waals surface area contributed by atoms with E-state index in [2.05, 4.69) is 9.97 Å². The molecule has 1 unspecified atom stereocenters. The number of aromatic nitrogens is 2. The molecule has 1 fully saturated rings. The van der Waals surface area contributed by atoms with Crippen molar-refractivity contribution in [2.24, 2.45) is 0 Å². The quantitative estimate of drug-likeness (QED) is 0.191. The number of carbonyl (C=O) groups is 2. The number of aryl methyl sites for hydroxylation is 2. The summed E-state index contributed by atoms with van der Waals surface area (Å²) >= 11 is 12.2. The van der Waals surface area contributed by atoms with E-state index in [1.54, 1.807) is 24.3 Å². The van der Waals surface area contributed by atoms with Crippen molar-refractivity contribution in [1.82, 2.24) is 9.97 Å². The maximum Gasteiger partial charge on any atom is 0.302 e. The Morgan fingerprint density at radius 3 is 2.50 bits per heavy atom. The zero-order valence-electron chi connectivity index (χ0n) is 19.6. The third-order valence-electron chi connectivity index (χ3n) is 6.36. The second-order valence-electron chi connectivity index (χ2n) is 8.59. The number of fused-ring (bicyclic) bond motifs is 1. The Labute approximate surface area is 216 Å². The fourth-order valence-corrected chi connectivity index (χ4v) is 4.65. The number of ether oxygens (including phenoxy) is 1. The van der Waals surface area contributed by atoms with E-state index in [1.165, 1.54) is 30.2 Å². The second-order valence-corrected chi connectivity index (χ2v) is 9.40. The SMILES string of the molecule is COc1cccc(C2/C(=C(\O)c3ccc(Cl)c(Cl)c3)C(=O)C(=O)N2c2nc3cc(C)c(C)cc3[nH]2)c1. The molecule has 1 aliphatic heterocycles. The number of hydrogen-bond acceptors (Lipinski definition) is 5. The Kier molecular flexibility index (Phi) is 5.98. The summed E-state index contributed by atoms with van der Waals surface area (Å²) in [5.41, 5.74) is 4.21. The molecule has 0 aliphatic carbocycles. The van der Waals surface area contributed by atoms with Gasteiger partial charge in [0.1, 0.15) is 11.5 Å². The normalized spacial score (nSPS) is 17.2. The van der Waals surface area contributed by atoms with Crippen LogP contribution in [0, 0.1) is 13.8 Å². The molecular formula is C27H21Cl2N3O4. The molecule has 1 aromatic heterocycles. The molecule has 0 bridgehead atoms. The summed E-state index contributed by atoms with van der Waals surface area (Å²) in [7, 11) is 1.52. The highest BCUT2D eigenvalue weighted by atomic mass is 35.5. The van der Waals surface area contributed by atoms with Gasteiger partial charge in [0.25, 0.3) is 5.78 Å². The van der Waals surface area contributed by atoms with Crippen LogP contribution in [0.3, 0.4) is 0 Å². The van der Waals surface area contributed by atoms with Gasteiger partial charge >= 0.3 is 5.91 Å². The van der Waals surface area contributed by atoms with Gasteiger partial charge in [-0.05, 0) is 73.0 Å². The summed E-state index contributed by atoms with van der Waals surface area (Å²) in [5, 5.41) is 11.8. The van der Waals surface area contributed by atoms with Crippen LogP contribution in [0.1, 0.15) is 28.3 Å². The number of anilines is 1. The largest absolute Gasteiger partial charge is 0.507 e. The molecule has 182 valence electrons. The number of aliphatic hydroxyl groups excluding tert-OH is 1. The molecule has 36 heavy (non-hydrogen) atoms. The number of Topliss-reactive ketones (excluding diaryl/α,β-unsaturated/α-hetero) is 1. The molecule has 0 spiro atoms. The third kappa shape index (κ3) is 3.90. The van der Waals surface area contributed by atoms with Crippen molar-refractivity contribution in [3.8, 4) is 5.75 Å². The molecule has 2 N–H and O–H groups in total. The van der Waals surface area contributed by atoms with Crippen LogP contribution in [0.4, 0.5) is 5.95 Å². The smallest absolute Gasteiger partial charge is 0.302 e. The van der Waals surface area contributed by atoms with Crippen molar-refractivity contribution < 1.29 is 19.4 Å². The Balaban J connectivity index is 1.75. The number of hydrogen-bond donors (Lipinski definition) is 2. The van der Waals surface area contributed by atoms with Gasteiger partial charge in [-0.2, -0.15) is 0 Å². The number of nitrogens with zero attached hydrogens (tertiary/aromatic N) is 2. The van der Waals surface area contributed by atoms with Crippen molar-refractivity contribution in [2.75, 3.05) is 12.0 Å². The number of methoxy groups -OCH3 is 1. The van der Waals surface area contributed by atoms with Gasteiger partial charge in [-0.3, -0.25) is 14.5 Å². The Bertz CT molecular complexity index is 1550. The molecule has 9 heteroatoms. The first-order valence-corrected chi connectivity index (χ1v) is 11.8. The van der Waals surface area contributed by atoms with Gasteiger partial charge in [0.05, 0.1) is 39.8 Å². The van der Waals surface area contributed by atoms with Crippen LogP contribution in [0.15, 0.2) is 60.2 Å². The van der Waals surface area contributed by atoms with Gasteiger partial charge in [-0.1, -0.05) is 35.3 Å². The standard InChI is InChI=1S/C27H21Cl2N3O4/c1-13-9-20-21(10-14(13)2)31-27(30-20)32-23(15-5-4-6-17(11-15)36-3)22(25(34)26(32)35)24(33)16-7-8-18(28)19(29)12-16/h4-12,23,33H,1-3H3,(H,30,31)/b24-22+. The van der Waals surface area contributed by atoms with Crippen molar-refractivity contribution >= 4 is 57.6 Å². The van der Waals surface area contributed by atoms with Crippen LogP contribution in [0.25, 0.3) is 16.8 Å². The maximum atomic E-state index is 13.4. The molecule has 7 nitrogen and oxygen atoms in total. The third-order valence-corrected chi connectivity index (χ3v) is 7.10. The van der Waals surface area contributed by atoms with Gasteiger partial charge in [-0.25, -0.2) is 4.98 Å². The molecule has 1 atom stereocenters. The zero-order chi connectivity index (χ0) is 25.7. The van der Waals surface area contributed by atoms with E-state index >= 15 is 0 Å². The van der Waals surface area contributed by atoms with Gasteiger partial charge in [0.15, 0.2) is 0 Å². The van der Waals surface area contributed by atoms with Crippen LogP contribution in [-0.4, -0.2) is 33.9 Å². The second kappa shape index (κ2) is 9.00. The Hall–Kier alpha value is -3.81. The number of benzene rings is 3. The van der Waals surface area contributed by atoms with Crippen LogP contribution < -0.4 is 9.64 Å². The molecule has 0 saturated carbocycles. The molecule has 3 aromatic carbocycles. The molecule has 1 aliphatic rings. The van der Waals surface area contributed by atoms with Crippen LogP contribution in [0.2, 0.25) is 10.0 Å². The number of aromatic amines is 1. The molecule has 1 amide bonds. The number of aliphatic hydroxyl groups is 1. The average molecular weight is 522 g/mol. The lowest BCUT2D eigenvalue weighted by Gasteiger charge is -2.23. The molecule has 4 aromatic rings. The average Bonchev–Trinajstić information content (AvgIpc) is 3.38. The number of H-pyrrole nitrogens is 1. The van der Waals surface area contributed by atoms with Gasteiger partial charge in [0, 0.05) is 5.56 Å². The zero-order valence-corrected chi connectivity index (χ0v) is 21.1. The topological polar surface area (TPSA) is 95.5 Å². The van der Waals surface area contributed by atoms with Gasteiger partial charge in [-0.15, -0.1) is 0 Å². The number of imidazole rings is 1. The minimum atomic E-state index is -0.975. The molecule has 0 radical (unpaired) electrons. The van der Waals surface area contributed by atoms with E-state index in [9.17, 15) is 14.7 Å². The highest BCUT2D eigenvalue weighted by Crippen LogP contribution is 2.43. The van der Waals surface area contributed by atoms with Crippen molar-refractivity contribution in [1.29, 1.82) is 0 Å². The van der Waals surface area contributed by atoms with Crippen LogP contribution in [-0.2, 0) is 9.59 Å². The number of carbonyl (C=O) groups excluding carboxylic acids is 2. The summed E-state index contributed by atoms with van der Waals surface area (Å²) in [6.45, 7) is 3.96. The first-order valence-electron chi connectivity index (χ1n) is 11.1. The van der Waals surface area contributed by atoms with Gasteiger partial charge in [0.2, 0.25) is 5.95 Å². The minimum absolute atomic E-state index is 0.0977. The summed E-state index contributed by atoms with van der Waals surface area (Å²) < 4.78 is 5.37. The monoisotopic (exact) mass is 521 g/mol. The highest BCUT2D eigenvalue weighted by Gasteiger charge is 2.48. The van der Waals surface area contributed by atoms with E-state index in [-0.39, 0.29) is 27.9 Å². The first-order chi connectivity index (χ1) is 17.2. The summed E-state index contributed by atoms with van der Waals surface area (Å²) in [6, 6.07) is 14.3. The molecule has 2 heterocycles. The van der Waals surface area contributed by atoms with Crippen molar-refractivity contribution in [3.05, 3.63) is 92.5 Å². The van der Waals surface area contributed by atoms with E-state index in [1.807, 2.05) is 26.0 Å². The van der Waals surface area contributed by atoms with E-state index in [0.29, 0.717) is 21.9 Å². The summed E-state index contributed by atoms with van der Waals surface area (Å²) in [5.74, 6) is -1.32. The molecule has 1 saturated heterocycles. The van der Waals surface area contributed by atoms with Crippen LogP contribution >= 0.6 is 23.2 Å².